The maximum absolute atomic E-state index is 11.5. The van der Waals surface area contributed by atoms with Crippen molar-refractivity contribution in [1.82, 2.24) is 9.97 Å². The molecule has 0 amide bonds. The summed E-state index contributed by atoms with van der Waals surface area (Å²) in [6.45, 7) is 0. The van der Waals surface area contributed by atoms with E-state index < -0.39 is 9.84 Å². The number of sulfone groups is 1. The van der Waals surface area contributed by atoms with Gasteiger partial charge in [0.2, 0.25) is 20.9 Å². The molecule has 5 nitrogen and oxygen atoms in total. The Labute approximate surface area is 101 Å². The zero-order chi connectivity index (χ0) is 11.5. The predicted molar refractivity (Wildman–Crippen MR) is 59.1 cm³/mol. The van der Waals surface area contributed by atoms with Gasteiger partial charge in [0.05, 0.1) is 17.3 Å². The van der Waals surface area contributed by atoms with Crippen LogP contribution in [-0.2, 0) is 9.84 Å². The molecule has 0 spiro atoms. The molecule has 0 aliphatic heterocycles. The number of rotatable bonds is 4. The molecule has 1 aromatic heterocycles. The lowest BCUT2D eigenvalue weighted by atomic mass is 10.6. The Hall–Kier alpha value is -0.400. The van der Waals surface area contributed by atoms with Gasteiger partial charge in [-0.2, -0.15) is 4.98 Å². The smallest absolute Gasteiger partial charge is 0.250 e. The third-order valence-electron chi connectivity index (χ3n) is 1.51. The van der Waals surface area contributed by atoms with Gasteiger partial charge in [-0.3, -0.25) is 0 Å². The maximum Gasteiger partial charge on any atom is 0.250 e. The topological polar surface area (TPSA) is 69.2 Å². The second-order valence-corrected chi connectivity index (χ2v) is 5.75. The van der Waals surface area contributed by atoms with Crippen LogP contribution in [0.5, 0.6) is 5.88 Å². The van der Waals surface area contributed by atoms with Crippen molar-refractivity contribution < 1.29 is 13.2 Å². The first-order valence-corrected chi connectivity index (χ1v) is 6.84. The van der Waals surface area contributed by atoms with E-state index in [9.17, 15) is 8.42 Å². The van der Waals surface area contributed by atoms with Crippen LogP contribution < -0.4 is 4.74 Å². The Kier molecular flexibility index (Phi) is 4.30. The quantitative estimate of drug-likeness (QED) is 0.618. The van der Waals surface area contributed by atoms with E-state index in [4.69, 9.17) is 16.3 Å². The highest BCUT2D eigenvalue weighted by atomic mass is 79.9. The lowest BCUT2D eigenvalue weighted by molar-refractivity contribution is 0.388. The van der Waals surface area contributed by atoms with Crippen LogP contribution in [0.25, 0.3) is 0 Å². The molecule has 0 radical (unpaired) electrons. The van der Waals surface area contributed by atoms with E-state index in [1.165, 1.54) is 13.3 Å². The normalized spacial score (nSPS) is 11.4. The van der Waals surface area contributed by atoms with Crippen molar-refractivity contribution in [2.75, 3.05) is 18.7 Å². The zero-order valence-corrected chi connectivity index (χ0v) is 10.9. The minimum absolute atomic E-state index is 0.00404. The van der Waals surface area contributed by atoms with Crippen LogP contribution in [-0.4, -0.2) is 37.1 Å². The summed E-state index contributed by atoms with van der Waals surface area (Å²) in [6.07, 6.45) is 1.33. The molecule has 0 atom stereocenters. The fourth-order valence-electron chi connectivity index (χ4n) is 0.822. The summed E-state index contributed by atoms with van der Waals surface area (Å²) in [6, 6.07) is 0. The summed E-state index contributed by atoms with van der Waals surface area (Å²) in [4.78, 5) is 7.45. The maximum atomic E-state index is 11.5. The Balaban J connectivity index is 3.17. The van der Waals surface area contributed by atoms with Gasteiger partial charge in [-0.15, -0.1) is 11.6 Å². The minimum Gasteiger partial charge on any atom is -0.480 e. The number of aromatic nitrogens is 2. The van der Waals surface area contributed by atoms with Gasteiger partial charge >= 0.3 is 0 Å². The molecule has 8 heteroatoms. The first kappa shape index (κ1) is 12.7. The average molecular weight is 316 g/mol. The van der Waals surface area contributed by atoms with Crippen LogP contribution in [0, 0.1) is 0 Å². The van der Waals surface area contributed by atoms with Gasteiger partial charge < -0.3 is 4.74 Å². The van der Waals surface area contributed by atoms with E-state index in [1.807, 2.05) is 0 Å². The van der Waals surface area contributed by atoms with Gasteiger partial charge in [0.1, 0.15) is 0 Å². The van der Waals surface area contributed by atoms with Gasteiger partial charge in [-0.25, -0.2) is 13.4 Å². The molecule has 0 N–H and O–H groups in total. The van der Waals surface area contributed by atoms with Crippen molar-refractivity contribution >= 4 is 37.4 Å². The number of halogens is 2. The molecular weight excluding hydrogens is 308 g/mol. The molecule has 1 aromatic rings. The Morgan fingerprint density at radius 2 is 2.27 bits per heavy atom. The third kappa shape index (κ3) is 3.02. The number of nitrogens with zero attached hydrogens (tertiary/aromatic N) is 2. The summed E-state index contributed by atoms with van der Waals surface area (Å²) in [5.74, 6) is -0.0122. The van der Waals surface area contributed by atoms with Crippen LogP contribution >= 0.6 is 27.5 Å². The molecular formula is C7H8BrClN2O3S. The number of alkyl halides is 1. The van der Waals surface area contributed by atoms with Crippen molar-refractivity contribution in [3.05, 3.63) is 10.7 Å². The summed E-state index contributed by atoms with van der Waals surface area (Å²) in [5, 5.41) is -0.275. The number of hydrogen-bond acceptors (Lipinski definition) is 5. The SMILES string of the molecule is COc1nc(S(=O)(=O)CCCl)ncc1Br. The molecule has 84 valence electrons. The molecule has 1 rings (SSSR count). The Morgan fingerprint density at radius 3 is 2.80 bits per heavy atom. The first-order valence-electron chi connectivity index (χ1n) is 3.86. The highest BCUT2D eigenvalue weighted by Crippen LogP contribution is 2.22. The van der Waals surface area contributed by atoms with E-state index in [-0.39, 0.29) is 22.7 Å². The molecule has 0 unspecified atom stereocenters. The van der Waals surface area contributed by atoms with Crippen LogP contribution in [0.1, 0.15) is 0 Å². The number of ether oxygens (including phenoxy) is 1. The van der Waals surface area contributed by atoms with Gasteiger partial charge in [0.15, 0.2) is 0 Å². The van der Waals surface area contributed by atoms with Crippen LogP contribution in [0.3, 0.4) is 0 Å². The monoisotopic (exact) mass is 314 g/mol. The summed E-state index contributed by atoms with van der Waals surface area (Å²) >= 11 is 8.49. The standard InChI is InChI=1S/C7H8BrClN2O3S/c1-14-6-5(8)4-10-7(11-6)15(12,13)3-2-9/h4H,2-3H2,1H3. The Morgan fingerprint density at radius 1 is 1.60 bits per heavy atom. The highest BCUT2D eigenvalue weighted by molar-refractivity contribution is 9.10. The largest absolute Gasteiger partial charge is 0.480 e. The lowest BCUT2D eigenvalue weighted by Gasteiger charge is -2.04. The van der Waals surface area contributed by atoms with Gasteiger partial charge in [0, 0.05) is 12.1 Å². The van der Waals surface area contributed by atoms with Crippen molar-refractivity contribution in [3.63, 3.8) is 0 Å². The predicted octanol–water partition coefficient (Wildman–Crippen LogP) is 1.26. The molecule has 0 aliphatic rings. The van der Waals surface area contributed by atoms with E-state index in [1.54, 1.807) is 0 Å². The van der Waals surface area contributed by atoms with Crippen molar-refractivity contribution in [1.29, 1.82) is 0 Å². The molecule has 15 heavy (non-hydrogen) atoms. The first-order chi connectivity index (χ1) is 7.01. The number of hydrogen-bond donors (Lipinski definition) is 0. The molecule has 0 fully saturated rings. The van der Waals surface area contributed by atoms with E-state index in [2.05, 4.69) is 25.9 Å². The van der Waals surface area contributed by atoms with Crippen molar-refractivity contribution in [2.45, 2.75) is 5.16 Å². The van der Waals surface area contributed by atoms with Gasteiger partial charge in [0.25, 0.3) is 0 Å². The average Bonchev–Trinajstić information content (AvgIpc) is 2.18. The van der Waals surface area contributed by atoms with Crippen LogP contribution in [0.2, 0.25) is 0 Å². The molecule has 0 bridgehead atoms. The van der Waals surface area contributed by atoms with E-state index in [0.29, 0.717) is 4.47 Å². The third-order valence-corrected chi connectivity index (χ3v) is 3.96. The van der Waals surface area contributed by atoms with E-state index >= 15 is 0 Å². The van der Waals surface area contributed by atoms with Crippen LogP contribution in [0.15, 0.2) is 15.8 Å². The van der Waals surface area contributed by atoms with Crippen molar-refractivity contribution in [2.24, 2.45) is 0 Å². The zero-order valence-electron chi connectivity index (χ0n) is 7.77. The molecule has 0 aliphatic carbocycles. The van der Waals surface area contributed by atoms with Crippen molar-refractivity contribution in [3.8, 4) is 5.88 Å². The number of methoxy groups -OCH3 is 1. The fraction of sp³-hybridized carbons (Fsp3) is 0.429. The second kappa shape index (κ2) is 5.09. The summed E-state index contributed by atoms with van der Waals surface area (Å²) in [7, 11) is -2.12. The molecule has 0 saturated carbocycles. The highest BCUT2D eigenvalue weighted by Gasteiger charge is 2.19. The van der Waals surface area contributed by atoms with E-state index in [0.717, 1.165) is 0 Å². The molecule has 0 saturated heterocycles. The fourth-order valence-corrected chi connectivity index (χ4v) is 2.61. The minimum atomic E-state index is -3.51. The van der Waals surface area contributed by atoms with Gasteiger partial charge in [-0.1, -0.05) is 0 Å². The Bertz CT molecular complexity index is 452. The summed E-state index contributed by atoms with van der Waals surface area (Å²) in [5.41, 5.74) is 0. The van der Waals surface area contributed by atoms with Gasteiger partial charge in [-0.05, 0) is 15.9 Å². The van der Waals surface area contributed by atoms with Crippen LogP contribution in [0.4, 0.5) is 0 Å². The molecule has 1 heterocycles. The molecule has 0 aromatic carbocycles. The summed E-state index contributed by atoms with van der Waals surface area (Å²) < 4.78 is 28.4. The second-order valence-electron chi connectivity index (χ2n) is 2.52. The lowest BCUT2D eigenvalue weighted by Crippen LogP contribution is -2.12.